The van der Waals surface area contributed by atoms with Crippen LogP contribution in [0.4, 0.5) is 4.39 Å². The van der Waals surface area contributed by atoms with Crippen molar-refractivity contribution >= 4 is 11.6 Å². The van der Waals surface area contributed by atoms with Crippen molar-refractivity contribution in [1.82, 2.24) is 0 Å². The van der Waals surface area contributed by atoms with Gasteiger partial charge in [-0.1, -0.05) is 24.6 Å². The molecule has 0 fully saturated rings. The molecule has 2 heteroatoms. The molecular weight excluding hydrogens is 199 g/mol. The molecule has 0 bridgehead atoms. The van der Waals surface area contributed by atoms with Crippen molar-refractivity contribution in [2.75, 3.05) is 0 Å². The molecule has 1 unspecified atom stereocenters. The minimum atomic E-state index is -0.115. The maximum Gasteiger partial charge on any atom is 0.126 e. The Morgan fingerprint density at radius 2 is 2.14 bits per heavy atom. The van der Waals surface area contributed by atoms with E-state index in [2.05, 4.69) is 0 Å². The summed E-state index contributed by atoms with van der Waals surface area (Å²) in [6, 6.07) is 5.21. The number of hydrogen-bond acceptors (Lipinski definition) is 0. The van der Waals surface area contributed by atoms with Gasteiger partial charge < -0.3 is 0 Å². The predicted molar refractivity (Wildman–Crippen MR) is 59.4 cm³/mol. The van der Waals surface area contributed by atoms with E-state index in [4.69, 9.17) is 11.6 Å². The topological polar surface area (TPSA) is 0 Å². The van der Waals surface area contributed by atoms with Crippen molar-refractivity contribution in [3.05, 3.63) is 35.1 Å². The van der Waals surface area contributed by atoms with Crippen LogP contribution < -0.4 is 0 Å². The van der Waals surface area contributed by atoms with Gasteiger partial charge in [0.1, 0.15) is 5.82 Å². The van der Waals surface area contributed by atoms with Gasteiger partial charge in [-0.15, -0.1) is 11.6 Å². The highest BCUT2D eigenvalue weighted by molar-refractivity contribution is 6.20. The molecule has 0 aliphatic carbocycles. The zero-order valence-electron chi connectivity index (χ0n) is 8.69. The summed E-state index contributed by atoms with van der Waals surface area (Å²) < 4.78 is 13.3. The van der Waals surface area contributed by atoms with Crippen molar-refractivity contribution in [3.8, 4) is 0 Å². The number of benzene rings is 1. The first kappa shape index (κ1) is 11.5. The molecule has 78 valence electrons. The van der Waals surface area contributed by atoms with Gasteiger partial charge in [0.2, 0.25) is 0 Å². The van der Waals surface area contributed by atoms with Gasteiger partial charge in [0.15, 0.2) is 0 Å². The van der Waals surface area contributed by atoms with Crippen LogP contribution in [-0.4, -0.2) is 5.38 Å². The Labute approximate surface area is 90.1 Å². The third kappa shape index (κ3) is 3.30. The van der Waals surface area contributed by atoms with Crippen LogP contribution in [0.5, 0.6) is 0 Å². The first-order valence-electron chi connectivity index (χ1n) is 5.02. The zero-order chi connectivity index (χ0) is 10.6. The van der Waals surface area contributed by atoms with Crippen LogP contribution in [0.3, 0.4) is 0 Å². The van der Waals surface area contributed by atoms with Gasteiger partial charge in [-0.2, -0.15) is 0 Å². The monoisotopic (exact) mass is 214 g/mol. The Bertz CT molecular complexity index is 296. The van der Waals surface area contributed by atoms with Crippen molar-refractivity contribution in [3.63, 3.8) is 0 Å². The zero-order valence-corrected chi connectivity index (χ0v) is 9.44. The van der Waals surface area contributed by atoms with E-state index in [0.29, 0.717) is 0 Å². The van der Waals surface area contributed by atoms with Crippen LogP contribution in [-0.2, 0) is 6.42 Å². The third-order valence-electron chi connectivity index (χ3n) is 2.37. The first-order chi connectivity index (χ1) is 6.63. The highest BCUT2D eigenvalue weighted by atomic mass is 35.5. The first-order valence-corrected chi connectivity index (χ1v) is 5.46. The minimum absolute atomic E-state index is 0.115. The fraction of sp³-hybridized carbons (Fsp3) is 0.500. The number of hydrogen-bond donors (Lipinski definition) is 0. The Hall–Kier alpha value is -0.560. The summed E-state index contributed by atoms with van der Waals surface area (Å²) in [4.78, 5) is 0. The summed E-state index contributed by atoms with van der Waals surface area (Å²) in [6.07, 6.45) is 2.52. The van der Waals surface area contributed by atoms with Crippen LogP contribution in [0.2, 0.25) is 0 Å². The van der Waals surface area contributed by atoms with Gasteiger partial charge in [0.25, 0.3) is 0 Å². The highest BCUT2D eigenvalue weighted by Gasteiger charge is 2.05. The van der Waals surface area contributed by atoms with Crippen molar-refractivity contribution in [1.29, 1.82) is 0 Å². The molecule has 1 rings (SSSR count). The molecule has 1 aromatic rings. The average Bonchev–Trinajstić information content (AvgIpc) is 2.19. The van der Waals surface area contributed by atoms with Gasteiger partial charge in [0, 0.05) is 5.38 Å². The average molecular weight is 215 g/mol. The van der Waals surface area contributed by atoms with E-state index in [9.17, 15) is 4.39 Å². The van der Waals surface area contributed by atoms with Gasteiger partial charge >= 0.3 is 0 Å². The lowest BCUT2D eigenvalue weighted by Crippen LogP contribution is -2.00. The summed E-state index contributed by atoms with van der Waals surface area (Å²) >= 11 is 5.98. The maximum absolute atomic E-state index is 13.3. The van der Waals surface area contributed by atoms with Crippen LogP contribution in [0.25, 0.3) is 0 Å². The number of rotatable bonds is 4. The third-order valence-corrected chi connectivity index (χ3v) is 2.90. The van der Waals surface area contributed by atoms with E-state index < -0.39 is 0 Å². The summed E-state index contributed by atoms with van der Waals surface area (Å²) in [5.74, 6) is -0.115. The van der Waals surface area contributed by atoms with Crippen molar-refractivity contribution in [2.45, 2.75) is 38.5 Å². The smallest absolute Gasteiger partial charge is 0.126 e. The van der Waals surface area contributed by atoms with Crippen LogP contribution >= 0.6 is 11.6 Å². The lowest BCUT2D eigenvalue weighted by Gasteiger charge is -2.07. The predicted octanol–water partition coefficient (Wildman–Crippen LogP) is 4.08. The van der Waals surface area contributed by atoms with Crippen LogP contribution in [0.1, 0.15) is 30.9 Å². The fourth-order valence-electron chi connectivity index (χ4n) is 1.41. The summed E-state index contributed by atoms with van der Waals surface area (Å²) in [5, 5.41) is 0.162. The Kier molecular flexibility index (Phi) is 4.40. The second-order valence-corrected chi connectivity index (χ2v) is 4.26. The van der Waals surface area contributed by atoms with E-state index in [1.807, 2.05) is 19.9 Å². The number of halogens is 2. The van der Waals surface area contributed by atoms with E-state index in [-0.39, 0.29) is 11.2 Å². The lowest BCUT2D eigenvalue weighted by molar-refractivity contribution is 0.599. The second-order valence-electron chi connectivity index (χ2n) is 3.64. The highest BCUT2D eigenvalue weighted by Crippen LogP contribution is 2.16. The minimum Gasteiger partial charge on any atom is -0.207 e. The Morgan fingerprint density at radius 3 is 2.79 bits per heavy atom. The molecule has 0 aromatic heterocycles. The molecule has 0 heterocycles. The summed E-state index contributed by atoms with van der Waals surface area (Å²) in [5.41, 5.74) is 1.88. The number of alkyl halides is 1. The molecule has 0 saturated heterocycles. The van der Waals surface area contributed by atoms with Crippen LogP contribution in [0.15, 0.2) is 18.2 Å². The van der Waals surface area contributed by atoms with Gasteiger partial charge in [0.05, 0.1) is 0 Å². The SMILES string of the molecule is CCC(Cl)CCc1cc(C)ccc1F. The second kappa shape index (κ2) is 5.35. The molecule has 0 spiro atoms. The quantitative estimate of drug-likeness (QED) is 0.663. The Balaban J connectivity index is 2.62. The van der Waals surface area contributed by atoms with E-state index in [1.54, 1.807) is 6.07 Å². The summed E-state index contributed by atoms with van der Waals surface area (Å²) in [6.45, 7) is 4.02. The standard InChI is InChI=1S/C12H16ClF/c1-3-11(13)6-5-10-8-9(2)4-7-12(10)14/h4,7-8,11H,3,5-6H2,1-2H3. The molecule has 0 saturated carbocycles. The number of aryl methyl sites for hydroxylation is 2. The summed E-state index contributed by atoms with van der Waals surface area (Å²) in [7, 11) is 0. The maximum atomic E-state index is 13.3. The van der Waals surface area contributed by atoms with Crippen molar-refractivity contribution in [2.24, 2.45) is 0 Å². The van der Waals surface area contributed by atoms with E-state index >= 15 is 0 Å². The molecule has 0 aliphatic heterocycles. The molecule has 0 N–H and O–H groups in total. The largest absolute Gasteiger partial charge is 0.207 e. The van der Waals surface area contributed by atoms with E-state index in [0.717, 1.165) is 30.4 Å². The van der Waals surface area contributed by atoms with Gasteiger partial charge in [-0.05, 0) is 37.8 Å². The molecule has 1 aromatic carbocycles. The van der Waals surface area contributed by atoms with Crippen molar-refractivity contribution < 1.29 is 4.39 Å². The Morgan fingerprint density at radius 1 is 1.43 bits per heavy atom. The van der Waals surface area contributed by atoms with Gasteiger partial charge in [-0.25, -0.2) is 4.39 Å². The lowest BCUT2D eigenvalue weighted by atomic mass is 10.0. The normalized spacial score (nSPS) is 12.9. The van der Waals surface area contributed by atoms with Gasteiger partial charge in [-0.3, -0.25) is 0 Å². The molecule has 0 radical (unpaired) electrons. The fourth-order valence-corrected chi connectivity index (χ4v) is 1.52. The molecule has 14 heavy (non-hydrogen) atoms. The van der Waals surface area contributed by atoms with Crippen LogP contribution in [0, 0.1) is 12.7 Å². The molecule has 0 nitrogen and oxygen atoms in total. The molecule has 1 atom stereocenters. The molecular formula is C12H16ClF. The van der Waals surface area contributed by atoms with E-state index in [1.165, 1.54) is 6.07 Å². The molecule has 0 aliphatic rings. The molecule has 0 amide bonds.